The van der Waals surface area contributed by atoms with Crippen molar-refractivity contribution in [1.29, 1.82) is 0 Å². The molecule has 1 aromatic heterocycles. The van der Waals surface area contributed by atoms with E-state index in [0.717, 1.165) is 25.2 Å². The highest BCUT2D eigenvalue weighted by molar-refractivity contribution is 5.68. The second kappa shape index (κ2) is 6.91. The fraction of sp³-hybridized carbons (Fsp3) is 0.667. The lowest BCUT2D eigenvalue weighted by atomic mass is 10.2. The molecule has 0 bridgehead atoms. The van der Waals surface area contributed by atoms with Gasteiger partial charge in [0.2, 0.25) is 5.88 Å². The van der Waals surface area contributed by atoms with Gasteiger partial charge in [-0.1, -0.05) is 0 Å². The van der Waals surface area contributed by atoms with Gasteiger partial charge in [-0.15, -0.1) is 0 Å². The molecule has 0 spiro atoms. The van der Waals surface area contributed by atoms with Gasteiger partial charge in [-0.2, -0.15) is 0 Å². The molecular weight excluding hydrogens is 284 g/mol. The van der Waals surface area contributed by atoms with Crippen molar-refractivity contribution in [2.24, 2.45) is 0 Å². The van der Waals surface area contributed by atoms with E-state index in [2.05, 4.69) is 20.2 Å². The maximum atomic E-state index is 11.8. The molecule has 1 N–H and O–H groups in total. The number of amides is 1. The summed E-state index contributed by atoms with van der Waals surface area (Å²) >= 11 is 0. The van der Waals surface area contributed by atoms with E-state index in [1.807, 2.05) is 20.8 Å². The van der Waals surface area contributed by atoms with Crippen LogP contribution in [0, 0.1) is 0 Å². The minimum atomic E-state index is -0.477. The number of ether oxygens (including phenoxy) is 2. The lowest BCUT2D eigenvalue weighted by Gasteiger charge is -2.22. The van der Waals surface area contributed by atoms with Crippen LogP contribution in [0.3, 0.4) is 0 Å². The molecule has 1 unspecified atom stereocenters. The monoisotopic (exact) mass is 308 g/mol. The predicted octanol–water partition coefficient (Wildman–Crippen LogP) is 1.58. The summed E-state index contributed by atoms with van der Waals surface area (Å²) in [5.74, 6) is 0.547. The summed E-state index contributed by atoms with van der Waals surface area (Å²) in [5.41, 5.74) is 0.331. The van der Waals surface area contributed by atoms with Crippen LogP contribution in [0.1, 0.15) is 32.9 Å². The SMILES string of the molecule is COc1nccnc1CN1CCC(NC(=O)OC(C)(C)C)C1. The lowest BCUT2D eigenvalue weighted by Crippen LogP contribution is -2.40. The van der Waals surface area contributed by atoms with Crippen LogP contribution < -0.4 is 10.1 Å². The van der Waals surface area contributed by atoms with Crippen LogP contribution in [0.2, 0.25) is 0 Å². The Balaban J connectivity index is 1.84. The topological polar surface area (TPSA) is 76.6 Å². The van der Waals surface area contributed by atoms with Crippen LogP contribution in [0.5, 0.6) is 5.88 Å². The zero-order valence-electron chi connectivity index (χ0n) is 13.6. The lowest BCUT2D eigenvalue weighted by molar-refractivity contribution is 0.0505. The van der Waals surface area contributed by atoms with Crippen LogP contribution in [0.25, 0.3) is 0 Å². The summed E-state index contributed by atoms with van der Waals surface area (Å²) in [6.07, 6.45) is 3.79. The maximum absolute atomic E-state index is 11.8. The number of aromatic nitrogens is 2. The van der Waals surface area contributed by atoms with Gasteiger partial charge in [0.1, 0.15) is 11.3 Å². The number of likely N-dealkylation sites (tertiary alicyclic amines) is 1. The Morgan fingerprint density at radius 3 is 2.82 bits per heavy atom. The van der Waals surface area contributed by atoms with Crippen LogP contribution in [0.15, 0.2) is 12.4 Å². The number of rotatable bonds is 4. The van der Waals surface area contributed by atoms with Gasteiger partial charge in [-0.3, -0.25) is 9.88 Å². The van der Waals surface area contributed by atoms with Crippen LogP contribution in [-0.2, 0) is 11.3 Å². The fourth-order valence-corrected chi connectivity index (χ4v) is 2.41. The Kier molecular flexibility index (Phi) is 5.18. The first-order chi connectivity index (χ1) is 10.4. The summed E-state index contributed by atoms with van der Waals surface area (Å²) in [6, 6.07) is 0.0949. The first-order valence-electron chi connectivity index (χ1n) is 7.43. The number of carbonyl (C=O) groups excluding carboxylic acids is 1. The molecule has 122 valence electrons. The second-order valence-electron chi connectivity index (χ2n) is 6.38. The average molecular weight is 308 g/mol. The molecule has 1 fully saturated rings. The molecule has 1 aromatic rings. The summed E-state index contributed by atoms with van der Waals surface area (Å²) in [6.45, 7) is 7.87. The number of nitrogens with zero attached hydrogens (tertiary/aromatic N) is 3. The number of carbonyl (C=O) groups is 1. The molecule has 1 atom stereocenters. The molecule has 0 aliphatic carbocycles. The largest absolute Gasteiger partial charge is 0.480 e. The van der Waals surface area contributed by atoms with Crippen molar-refractivity contribution in [3.8, 4) is 5.88 Å². The summed E-state index contributed by atoms with van der Waals surface area (Å²) < 4.78 is 10.5. The van der Waals surface area contributed by atoms with E-state index in [9.17, 15) is 4.79 Å². The third-order valence-corrected chi connectivity index (χ3v) is 3.30. The van der Waals surface area contributed by atoms with Crippen LogP contribution in [0.4, 0.5) is 4.79 Å². The van der Waals surface area contributed by atoms with Gasteiger partial charge in [0.05, 0.1) is 7.11 Å². The standard InChI is InChI=1S/C15H24N4O3/c1-15(2,3)22-14(20)18-11-5-8-19(9-11)10-12-13(21-4)17-7-6-16-12/h6-7,11H,5,8-10H2,1-4H3,(H,18,20). The van der Waals surface area contributed by atoms with Crippen molar-refractivity contribution in [3.05, 3.63) is 18.1 Å². The van der Waals surface area contributed by atoms with Gasteiger partial charge >= 0.3 is 6.09 Å². The Hall–Kier alpha value is -1.89. The van der Waals surface area contributed by atoms with Gasteiger partial charge in [0.15, 0.2) is 0 Å². The van der Waals surface area contributed by atoms with Crippen molar-refractivity contribution in [2.75, 3.05) is 20.2 Å². The second-order valence-corrected chi connectivity index (χ2v) is 6.38. The number of nitrogens with one attached hydrogen (secondary N) is 1. The molecule has 1 aliphatic heterocycles. The van der Waals surface area contributed by atoms with Crippen molar-refractivity contribution in [1.82, 2.24) is 20.2 Å². The molecule has 0 aromatic carbocycles. The van der Waals surface area contributed by atoms with E-state index in [0.29, 0.717) is 12.4 Å². The van der Waals surface area contributed by atoms with E-state index in [1.54, 1.807) is 19.5 Å². The van der Waals surface area contributed by atoms with E-state index >= 15 is 0 Å². The molecule has 1 amide bonds. The first kappa shape index (κ1) is 16.5. The predicted molar refractivity (Wildman–Crippen MR) is 81.6 cm³/mol. The quantitative estimate of drug-likeness (QED) is 0.910. The molecule has 1 saturated heterocycles. The molecule has 0 saturated carbocycles. The number of alkyl carbamates (subject to hydrolysis) is 1. The molecule has 1 aliphatic rings. The van der Waals surface area contributed by atoms with Gasteiger partial charge in [0, 0.05) is 38.1 Å². The zero-order chi connectivity index (χ0) is 16.2. The van der Waals surface area contributed by atoms with Crippen molar-refractivity contribution < 1.29 is 14.3 Å². The van der Waals surface area contributed by atoms with E-state index in [-0.39, 0.29) is 12.1 Å². The van der Waals surface area contributed by atoms with Crippen LogP contribution in [-0.4, -0.2) is 52.8 Å². The maximum Gasteiger partial charge on any atom is 0.407 e. The third-order valence-electron chi connectivity index (χ3n) is 3.30. The van der Waals surface area contributed by atoms with Gasteiger partial charge < -0.3 is 14.8 Å². The zero-order valence-corrected chi connectivity index (χ0v) is 13.6. The molecule has 7 heteroatoms. The Morgan fingerprint density at radius 2 is 2.14 bits per heavy atom. The van der Waals surface area contributed by atoms with E-state index in [4.69, 9.17) is 9.47 Å². The van der Waals surface area contributed by atoms with Crippen molar-refractivity contribution in [2.45, 2.75) is 45.4 Å². The number of hydrogen-bond acceptors (Lipinski definition) is 6. The fourth-order valence-electron chi connectivity index (χ4n) is 2.41. The highest BCUT2D eigenvalue weighted by atomic mass is 16.6. The Bertz CT molecular complexity index is 516. The van der Waals surface area contributed by atoms with Crippen LogP contribution >= 0.6 is 0 Å². The third kappa shape index (κ3) is 4.84. The molecular formula is C15H24N4O3. The van der Waals surface area contributed by atoms with E-state index < -0.39 is 5.60 Å². The summed E-state index contributed by atoms with van der Waals surface area (Å²) in [7, 11) is 1.59. The normalized spacial score (nSPS) is 19.0. The van der Waals surface area contributed by atoms with Crippen molar-refractivity contribution >= 4 is 6.09 Å². The van der Waals surface area contributed by atoms with Gasteiger partial charge in [-0.25, -0.2) is 9.78 Å². The summed E-state index contributed by atoms with van der Waals surface area (Å²) in [4.78, 5) is 22.5. The molecule has 2 rings (SSSR count). The smallest absolute Gasteiger partial charge is 0.407 e. The molecule has 7 nitrogen and oxygen atoms in total. The minimum absolute atomic E-state index is 0.0949. The van der Waals surface area contributed by atoms with Crippen molar-refractivity contribution in [3.63, 3.8) is 0 Å². The highest BCUT2D eigenvalue weighted by Gasteiger charge is 2.27. The Morgan fingerprint density at radius 1 is 1.41 bits per heavy atom. The average Bonchev–Trinajstić information content (AvgIpc) is 2.84. The Labute approximate surface area is 131 Å². The molecule has 2 heterocycles. The molecule has 22 heavy (non-hydrogen) atoms. The van der Waals surface area contributed by atoms with Gasteiger partial charge in [0.25, 0.3) is 0 Å². The summed E-state index contributed by atoms with van der Waals surface area (Å²) in [5, 5.41) is 2.91. The van der Waals surface area contributed by atoms with E-state index in [1.165, 1.54) is 0 Å². The van der Waals surface area contributed by atoms with Gasteiger partial charge in [-0.05, 0) is 27.2 Å². The number of hydrogen-bond donors (Lipinski definition) is 1. The molecule has 0 radical (unpaired) electrons. The number of methoxy groups -OCH3 is 1. The minimum Gasteiger partial charge on any atom is -0.480 e. The highest BCUT2D eigenvalue weighted by Crippen LogP contribution is 2.18. The first-order valence-corrected chi connectivity index (χ1v) is 7.43.